The van der Waals surface area contributed by atoms with Crippen molar-refractivity contribution in [3.63, 3.8) is 0 Å². The van der Waals surface area contributed by atoms with Crippen molar-refractivity contribution in [2.24, 2.45) is 17.8 Å². The van der Waals surface area contributed by atoms with Crippen LogP contribution in [0, 0.1) is 17.8 Å². The molecule has 0 amide bonds. The summed E-state index contributed by atoms with van der Waals surface area (Å²) < 4.78 is 0. The van der Waals surface area contributed by atoms with Gasteiger partial charge in [-0.15, -0.1) is 11.6 Å². The zero-order valence-corrected chi connectivity index (χ0v) is 10.7. The van der Waals surface area contributed by atoms with Crippen molar-refractivity contribution in [3.05, 3.63) is 11.6 Å². The number of nitrogens with one attached hydrogen (secondary N) is 1. The fourth-order valence-electron chi connectivity index (χ4n) is 4.98. The summed E-state index contributed by atoms with van der Waals surface area (Å²) in [4.78, 5) is 4.62. The van der Waals surface area contributed by atoms with E-state index >= 15 is 0 Å². The summed E-state index contributed by atoms with van der Waals surface area (Å²) >= 11 is 5.81. The molecule has 4 bridgehead atoms. The molecule has 4 heteroatoms. The third-order valence-corrected chi connectivity index (χ3v) is 5.42. The number of H-pyrrole nitrogens is 1. The van der Waals surface area contributed by atoms with Gasteiger partial charge in [-0.2, -0.15) is 5.10 Å². The molecule has 0 atom stereocenters. The number of alkyl halides is 1. The van der Waals surface area contributed by atoms with Crippen molar-refractivity contribution in [2.75, 3.05) is 0 Å². The van der Waals surface area contributed by atoms with Gasteiger partial charge in [-0.05, 0) is 56.3 Å². The molecule has 17 heavy (non-hydrogen) atoms. The van der Waals surface area contributed by atoms with E-state index in [1.807, 2.05) is 0 Å². The van der Waals surface area contributed by atoms with Crippen molar-refractivity contribution in [1.29, 1.82) is 0 Å². The molecule has 4 fully saturated rings. The lowest BCUT2D eigenvalue weighted by Crippen LogP contribution is -2.49. The highest BCUT2D eigenvalue weighted by Crippen LogP contribution is 2.60. The minimum Gasteiger partial charge on any atom is -0.262 e. The van der Waals surface area contributed by atoms with Gasteiger partial charge >= 0.3 is 0 Å². The second kappa shape index (κ2) is 3.47. The van der Waals surface area contributed by atoms with Crippen LogP contribution < -0.4 is 0 Å². The van der Waals surface area contributed by atoms with E-state index in [-0.39, 0.29) is 0 Å². The van der Waals surface area contributed by atoms with E-state index in [0.717, 1.165) is 29.4 Å². The molecular weight excluding hydrogens is 234 g/mol. The van der Waals surface area contributed by atoms with Crippen LogP contribution in [-0.2, 0) is 11.3 Å². The van der Waals surface area contributed by atoms with Crippen LogP contribution in [0.2, 0.25) is 0 Å². The van der Waals surface area contributed by atoms with E-state index in [1.54, 1.807) is 0 Å². The van der Waals surface area contributed by atoms with Gasteiger partial charge in [-0.1, -0.05) is 0 Å². The van der Waals surface area contributed by atoms with E-state index in [4.69, 9.17) is 11.6 Å². The van der Waals surface area contributed by atoms with Crippen molar-refractivity contribution < 1.29 is 0 Å². The van der Waals surface area contributed by atoms with Gasteiger partial charge in [-0.25, -0.2) is 4.98 Å². The zero-order chi connectivity index (χ0) is 11.5. The summed E-state index contributed by atoms with van der Waals surface area (Å²) in [6.45, 7) is 0. The first-order chi connectivity index (χ1) is 8.27. The summed E-state index contributed by atoms with van der Waals surface area (Å²) in [5.74, 6) is 5.17. The van der Waals surface area contributed by atoms with Crippen LogP contribution in [0.3, 0.4) is 0 Å². The SMILES string of the molecule is ClCc1nc(C23CC4CC(CC(C4)C2)C3)n[nH]1. The smallest absolute Gasteiger partial charge is 0.156 e. The molecule has 4 aliphatic carbocycles. The van der Waals surface area contributed by atoms with Gasteiger partial charge in [0.05, 0.1) is 5.88 Å². The predicted octanol–water partition coefficient (Wildman–Crippen LogP) is 3.01. The van der Waals surface area contributed by atoms with Gasteiger partial charge in [-0.3, -0.25) is 5.10 Å². The molecular formula is C13H18ClN3. The Morgan fingerprint density at radius 1 is 1.12 bits per heavy atom. The molecule has 0 unspecified atom stereocenters. The normalized spacial score (nSPS) is 43.2. The van der Waals surface area contributed by atoms with E-state index in [2.05, 4.69) is 15.2 Å². The third kappa shape index (κ3) is 1.48. The van der Waals surface area contributed by atoms with Crippen LogP contribution in [-0.4, -0.2) is 15.2 Å². The Hall–Kier alpha value is -0.570. The summed E-state index contributed by atoms with van der Waals surface area (Å²) in [6.07, 6.45) is 8.35. The van der Waals surface area contributed by atoms with Crippen LogP contribution in [0.15, 0.2) is 0 Å². The fourth-order valence-corrected chi connectivity index (χ4v) is 5.10. The molecule has 0 saturated heterocycles. The highest BCUT2D eigenvalue weighted by molar-refractivity contribution is 6.16. The maximum absolute atomic E-state index is 5.81. The Morgan fingerprint density at radius 2 is 1.71 bits per heavy atom. The number of rotatable bonds is 2. The highest BCUT2D eigenvalue weighted by Gasteiger charge is 2.53. The average molecular weight is 252 g/mol. The van der Waals surface area contributed by atoms with Crippen LogP contribution in [0.4, 0.5) is 0 Å². The molecule has 5 rings (SSSR count). The average Bonchev–Trinajstić information content (AvgIpc) is 2.76. The van der Waals surface area contributed by atoms with E-state index in [1.165, 1.54) is 38.5 Å². The predicted molar refractivity (Wildman–Crippen MR) is 65.8 cm³/mol. The monoisotopic (exact) mass is 251 g/mol. The van der Waals surface area contributed by atoms with Gasteiger partial charge in [0, 0.05) is 5.41 Å². The van der Waals surface area contributed by atoms with Gasteiger partial charge in [0.2, 0.25) is 0 Å². The molecule has 4 saturated carbocycles. The number of hydrogen-bond acceptors (Lipinski definition) is 2. The Balaban J connectivity index is 1.72. The number of halogens is 1. The Kier molecular flexibility index (Phi) is 2.11. The summed E-state index contributed by atoms with van der Waals surface area (Å²) in [5.41, 5.74) is 0.301. The quantitative estimate of drug-likeness (QED) is 0.821. The number of aromatic amines is 1. The lowest BCUT2D eigenvalue weighted by Gasteiger charge is -2.55. The van der Waals surface area contributed by atoms with Crippen LogP contribution >= 0.6 is 11.6 Å². The summed E-state index contributed by atoms with van der Waals surface area (Å²) in [6, 6.07) is 0. The van der Waals surface area contributed by atoms with Crippen LogP contribution in [0.1, 0.15) is 50.2 Å². The van der Waals surface area contributed by atoms with E-state index in [9.17, 15) is 0 Å². The van der Waals surface area contributed by atoms with Crippen LogP contribution in [0.25, 0.3) is 0 Å². The summed E-state index contributed by atoms with van der Waals surface area (Å²) in [7, 11) is 0. The minimum absolute atomic E-state index is 0.301. The maximum atomic E-state index is 5.81. The van der Waals surface area contributed by atoms with Crippen LogP contribution in [0.5, 0.6) is 0 Å². The molecule has 1 aromatic heterocycles. The second-order valence-electron chi connectivity index (χ2n) is 6.44. The van der Waals surface area contributed by atoms with Crippen molar-refractivity contribution in [3.8, 4) is 0 Å². The van der Waals surface area contributed by atoms with Gasteiger partial charge in [0.1, 0.15) is 5.82 Å². The van der Waals surface area contributed by atoms with Crippen molar-refractivity contribution in [1.82, 2.24) is 15.2 Å². The molecule has 0 aromatic carbocycles. The number of nitrogens with zero attached hydrogens (tertiary/aromatic N) is 2. The largest absolute Gasteiger partial charge is 0.262 e. The second-order valence-corrected chi connectivity index (χ2v) is 6.70. The topological polar surface area (TPSA) is 41.6 Å². The van der Waals surface area contributed by atoms with Gasteiger partial charge < -0.3 is 0 Å². The molecule has 3 nitrogen and oxygen atoms in total. The van der Waals surface area contributed by atoms with Gasteiger partial charge in [0.25, 0.3) is 0 Å². The molecule has 92 valence electrons. The Bertz CT molecular complexity index is 404. The molecule has 0 aliphatic heterocycles. The number of aromatic nitrogens is 3. The molecule has 1 heterocycles. The molecule has 0 spiro atoms. The first-order valence-electron chi connectivity index (χ1n) is 6.75. The lowest BCUT2D eigenvalue weighted by molar-refractivity contribution is -0.00924. The summed E-state index contributed by atoms with van der Waals surface area (Å²) in [5, 5.41) is 7.44. The third-order valence-electron chi connectivity index (χ3n) is 5.17. The number of hydrogen-bond donors (Lipinski definition) is 1. The Labute approximate surface area is 106 Å². The zero-order valence-electron chi connectivity index (χ0n) is 9.95. The highest BCUT2D eigenvalue weighted by atomic mass is 35.5. The van der Waals surface area contributed by atoms with E-state index in [0.29, 0.717) is 11.3 Å². The molecule has 1 aromatic rings. The molecule has 4 aliphatic rings. The standard InChI is InChI=1S/C13H18ClN3/c14-7-11-15-12(17-16-11)13-4-8-1-9(5-13)3-10(2-8)6-13/h8-10H,1-7H2,(H,15,16,17). The first-order valence-corrected chi connectivity index (χ1v) is 7.28. The minimum atomic E-state index is 0.301. The maximum Gasteiger partial charge on any atom is 0.156 e. The first kappa shape index (κ1) is 10.4. The van der Waals surface area contributed by atoms with E-state index < -0.39 is 0 Å². The van der Waals surface area contributed by atoms with Gasteiger partial charge in [0.15, 0.2) is 5.82 Å². The fraction of sp³-hybridized carbons (Fsp3) is 0.846. The molecule has 0 radical (unpaired) electrons. The Morgan fingerprint density at radius 3 is 2.18 bits per heavy atom. The van der Waals surface area contributed by atoms with Crippen molar-refractivity contribution in [2.45, 2.75) is 49.8 Å². The lowest BCUT2D eigenvalue weighted by atomic mass is 9.49. The van der Waals surface area contributed by atoms with Crippen molar-refractivity contribution >= 4 is 11.6 Å². The molecule has 1 N–H and O–H groups in total.